The summed E-state index contributed by atoms with van der Waals surface area (Å²) >= 11 is 0. The molecule has 1 heterocycles. The zero-order chi connectivity index (χ0) is 10.1. The van der Waals surface area contributed by atoms with E-state index in [4.69, 9.17) is 5.11 Å². The van der Waals surface area contributed by atoms with Crippen LogP contribution in [-0.2, 0) is 0 Å². The Morgan fingerprint density at radius 3 is 2.71 bits per heavy atom. The third kappa shape index (κ3) is 1.67. The molecule has 1 saturated carbocycles. The highest BCUT2D eigenvalue weighted by Gasteiger charge is 2.27. The van der Waals surface area contributed by atoms with Crippen molar-refractivity contribution >= 4 is 5.82 Å². The van der Waals surface area contributed by atoms with Gasteiger partial charge in [0.2, 0.25) is 5.82 Å². The Hall–Kier alpha value is -1.63. The molecule has 76 valence electrons. The molecule has 0 atom stereocenters. The van der Waals surface area contributed by atoms with Gasteiger partial charge in [0.25, 0.3) is 5.56 Å². The summed E-state index contributed by atoms with van der Waals surface area (Å²) in [5.74, 6) is 0.0847. The fraction of sp³-hybridized carbons (Fsp3) is 0.571. The molecule has 1 aliphatic carbocycles. The summed E-state index contributed by atoms with van der Waals surface area (Å²) < 4.78 is 0. The van der Waals surface area contributed by atoms with E-state index >= 15 is 0 Å². The van der Waals surface area contributed by atoms with E-state index in [0.29, 0.717) is 12.8 Å². The molecule has 0 radical (unpaired) electrons. The lowest BCUT2D eigenvalue weighted by Crippen LogP contribution is -2.41. The number of H-pyrrole nitrogens is 2. The van der Waals surface area contributed by atoms with Gasteiger partial charge in [-0.15, -0.1) is 5.10 Å². The molecule has 0 unspecified atom stereocenters. The van der Waals surface area contributed by atoms with Crippen molar-refractivity contribution in [1.29, 1.82) is 0 Å². The van der Waals surface area contributed by atoms with E-state index in [1.54, 1.807) is 0 Å². The Bertz CT molecular complexity index is 431. The van der Waals surface area contributed by atoms with E-state index in [2.05, 4.69) is 15.5 Å². The Kier molecular flexibility index (Phi) is 2.08. The largest absolute Gasteiger partial charge is 0.393 e. The van der Waals surface area contributed by atoms with Crippen LogP contribution in [0.5, 0.6) is 0 Å². The summed E-state index contributed by atoms with van der Waals surface area (Å²) in [4.78, 5) is 23.8. The first kappa shape index (κ1) is 8.95. The van der Waals surface area contributed by atoms with Gasteiger partial charge in [0.15, 0.2) is 0 Å². The van der Waals surface area contributed by atoms with Crippen molar-refractivity contribution in [2.75, 3.05) is 5.32 Å². The number of aliphatic hydroxyl groups excluding tert-OH is 1. The van der Waals surface area contributed by atoms with Crippen molar-refractivity contribution in [3.05, 3.63) is 20.8 Å². The zero-order valence-corrected chi connectivity index (χ0v) is 7.28. The lowest BCUT2D eigenvalue weighted by molar-refractivity contribution is 0.0834. The van der Waals surface area contributed by atoms with Crippen molar-refractivity contribution < 1.29 is 5.11 Å². The minimum atomic E-state index is -0.630. The molecule has 7 heteroatoms. The Morgan fingerprint density at radius 2 is 2.14 bits per heavy atom. The molecule has 1 aromatic heterocycles. The second-order valence-corrected chi connectivity index (χ2v) is 3.32. The molecule has 2 rings (SSSR count). The lowest BCUT2D eigenvalue weighted by atomic mass is 9.90. The van der Waals surface area contributed by atoms with Crippen LogP contribution in [0, 0.1) is 0 Å². The SMILES string of the molecule is O=c1[nH]nc(NC2CC(O)C2)c(=O)[nH]1. The average molecular weight is 198 g/mol. The summed E-state index contributed by atoms with van der Waals surface area (Å²) in [7, 11) is 0. The smallest absolute Gasteiger partial charge is 0.342 e. The number of rotatable bonds is 2. The lowest BCUT2D eigenvalue weighted by Gasteiger charge is -2.31. The molecular weight excluding hydrogens is 188 g/mol. The normalized spacial score (nSPS) is 25.5. The van der Waals surface area contributed by atoms with Gasteiger partial charge < -0.3 is 10.4 Å². The van der Waals surface area contributed by atoms with Crippen LogP contribution in [0.4, 0.5) is 5.82 Å². The maximum atomic E-state index is 11.1. The predicted octanol–water partition coefficient (Wildman–Crippen LogP) is -1.61. The Morgan fingerprint density at radius 1 is 1.43 bits per heavy atom. The van der Waals surface area contributed by atoms with Crippen LogP contribution >= 0.6 is 0 Å². The van der Waals surface area contributed by atoms with E-state index in [9.17, 15) is 9.59 Å². The van der Waals surface area contributed by atoms with Gasteiger partial charge in [-0.05, 0) is 12.8 Å². The summed E-state index contributed by atoms with van der Waals surface area (Å²) in [6.07, 6.45) is 0.898. The number of hydrogen-bond donors (Lipinski definition) is 4. The van der Waals surface area contributed by atoms with E-state index in [0.717, 1.165) is 0 Å². The van der Waals surface area contributed by atoms with Crippen molar-refractivity contribution in [2.24, 2.45) is 0 Å². The number of anilines is 1. The molecule has 0 saturated heterocycles. The van der Waals surface area contributed by atoms with Gasteiger partial charge in [-0.25, -0.2) is 9.89 Å². The second kappa shape index (κ2) is 3.26. The topological polar surface area (TPSA) is 111 Å². The molecule has 1 aromatic rings. The quantitative estimate of drug-likeness (QED) is 0.457. The number of nitrogens with zero attached hydrogens (tertiary/aromatic N) is 1. The number of aliphatic hydroxyl groups is 1. The first-order valence-electron chi connectivity index (χ1n) is 4.29. The highest BCUT2D eigenvalue weighted by Crippen LogP contribution is 2.21. The summed E-state index contributed by atoms with van der Waals surface area (Å²) in [5, 5.41) is 17.5. The molecule has 1 aliphatic rings. The highest BCUT2D eigenvalue weighted by atomic mass is 16.3. The molecule has 0 bridgehead atoms. The fourth-order valence-corrected chi connectivity index (χ4v) is 1.34. The van der Waals surface area contributed by atoms with E-state index < -0.39 is 11.2 Å². The third-order valence-electron chi connectivity index (χ3n) is 2.17. The number of aromatic amines is 2. The molecule has 4 N–H and O–H groups in total. The predicted molar refractivity (Wildman–Crippen MR) is 48.1 cm³/mol. The maximum Gasteiger partial charge on any atom is 0.342 e. The summed E-state index contributed by atoms with van der Waals surface area (Å²) in [5.41, 5.74) is -1.18. The van der Waals surface area contributed by atoms with Crippen LogP contribution in [0.25, 0.3) is 0 Å². The second-order valence-electron chi connectivity index (χ2n) is 3.32. The van der Waals surface area contributed by atoms with Gasteiger partial charge >= 0.3 is 5.69 Å². The van der Waals surface area contributed by atoms with E-state index in [-0.39, 0.29) is 18.0 Å². The number of hydrogen-bond acceptors (Lipinski definition) is 5. The minimum absolute atomic E-state index is 0.0597. The van der Waals surface area contributed by atoms with Crippen LogP contribution < -0.4 is 16.6 Å². The molecule has 7 nitrogen and oxygen atoms in total. The van der Waals surface area contributed by atoms with Gasteiger partial charge in [-0.1, -0.05) is 0 Å². The highest BCUT2D eigenvalue weighted by molar-refractivity contribution is 5.31. The fourth-order valence-electron chi connectivity index (χ4n) is 1.34. The number of aromatic nitrogens is 3. The Labute approximate surface area is 78.2 Å². The van der Waals surface area contributed by atoms with E-state index in [1.165, 1.54) is 0 Å². The third-order valence-corrected chi connectivity index (χ3v) is 2.17. The molecule has 0 amide bonds. The molecule has 0 aliphatic heterocycles. The van der Waals surface area contributed by atoms with Gasteiger partial charge in [0.05, 0.1) is 6.10 Å². The van der Waals surface area contributed by atoms with Crippen LogP contribution in [-0.4, -0.2) is 32.4 Å². The Balaban J connectivity index is 2.10. The van der Waals surface area contributed by atoms with Gasteiger partial charge in [0, 0.05) is 6.04 Å². The van der Waals surface area contributed by atoms with Gasteiger partial charge in [-0.2, -0.15) is 0 Å². The zero-order valence-electron chi connectivity index (χ0n) is 7.28. The van der Waals surface area contributed by atoms with E-state index in [1.807, 2.05) is 4.98 Å². The summed E-state index contributed by atoms with van der Waals surface area (Å²) in [6, 6.07) is 0.0597. The average Bonchev–Trinajstić information content (AvgIpc) is 2.06. The van der Waals surface area contributed by atoms with Crippen molar-refractivity contribution in [1.82, 2.24) is 15.2 Å². The van der Waals surface area contributed by atoms with Crippen molar-refractivity contribution in [3.63, 3.8) is 0 Å². The number of nitrogens with one attached hydrogen (secondary N) is 3. The monoisotopic (exact) mass is 198 g/mol. The molecule has 0 aromatic carbocycles. The summed E-state index contributed by atoms with van der Waals surface area (Å²) in [6.45, 7) is 0. The molecule has 14 heavy (non-hydrogen) atoms. The van der Waals surface area contributed by atoms with Crippen LogP contribution in [0.2, 0.25) is 0 Å². The van der Waals surface area contributed by atoms with Crippen LogP contribution in [0.1, 0.15) is 12.8 Å². The van der Waals surface area contributed by atoms with Gasteiger partial charge in [-0.3, -0.25) is 9.78 Å². The first-order chi connectivity index (χ1) is 6.65. The maximum absolute atomic E-state index is 11.1. The standard InChI is InChI=1S/C7H10N4O3/c12-4-1-3(2-4)8-5-6(13)9-7(14)11-10-5/h3-4,12H,1-2H2,(H,8,10)(H2,9,11,13,14). The first-order valence-corrected chi connectivity index (χ1v) is 4.29. The molecule has 1 fully saturated rings. The van der Waals surface area contributed by atoms with Crippen molar-refractivity contribution in [3.8, 4) is 0 Å². The van der Waals surface area contributed by atoms with Crippen molar-refractivity contribution in [2.45, 2.75) is 25.0 Å². The molecule has 0 spiro atoms. The minimum Gasteiger partial charge on any atom is -0.393 e. The van der Waals surface area contributed by atoms with Crippen LogP contribution in [0.15, 0.2) is 9.59 Å². The molecular formula is C7H10N4O3. The van der Waals surface area contributed by atoms with Crippen LogP contribution in [0.3, 0.4) is 0 Å². The van der Waals surface area contributed by atoms with Gasteiger partial charge in [0.1, 0.15) is 0 Å².